The lowest BCUT2D eigenvalue weighted by molar-refractivity contribution is 0.0648. The van der Waals surface area contributed by atoms with Gasteiger partial charge in [-0.25, -0.2) is 0 Å². The van der Waals surface area contributed by atoms with Crippen LogP contribution in [0, 0.1) is 19.8 Å². The van der Waals surface area contributed by atoms with Gasteiger partial charge in [-0.1, -0.05) is 25.1 Å². The van der Waals surface area contributed by atoms with Crippen molar-refractivity contribution < 1.29 is 4.79 Å². The lowest BCUT2D eigenvalue weighted by atomic mass is 9.92. The summed E-state index contributed by atoms with van der Waals surface area (Å²) in [6.07, 6.45) is 1.04. The number of amides is 1. The van der Waals surface area contributed by atoms with Crippen LogP contribution in [0.25, 0.3) is 0 Å². The first-order valence-electron chi connectivity index (χ1n) is 7.07. The van der Waals surface area contributed by atoms with Gasteiger partial charge >= 0.3 is 0 Å². The molecular weight excluding hydrogens is 236 g/mol. The molecule has 1 aromatic rings. The summed E-state index contributed by atoms with van der Waals surface area (Å²) < 4.78 is 0. The van der Waals surface area contributed by atoms with Crippen molar-refractivity contribution in [3.05, 3.63) is 34.9 Å². The Bertz CT molecular complexity index is 450. The van der Waals surface area contributed by atoms with Crippen LogP contribution < -0.4 is 5.32 Å². The zero-order chi connectivity index (χ0) is 14.0. The fraction of sp³-hybridized carbons (Fsp3) is 0.562. The summed E-state index contributed by atoms with van der Waals surface area (Å²) in [6, 6.07) is 6.58. The largest absolute Gasteiger partial charge is 0.338 e. The smallest absolute Gasteiger partial charge is 0.254 e. The van der Waals surface area contributed by atoms with Crippen molar-refractivity contribution >= 4 is 5.91 Å². The van der Waals surface area contributed by atoms with E-state index >= 15 is 0 Å². The molecule has 0 saturated carbocycles. The van der Waals surface area contributed by atoms with Gasteiger partial charge in [-0.15, -0.1) is 0 Å². The molecule has 2 rings (SSSR count). The third-order valence-electron chi connectivity index (χ3n) is 4.26. The molecule has 1 aliphatic rings. The molecule has 1 saturated heterocycles. The third kappa shape index (κ3) is 2.81. The fourth-order valence-corrected chi connectivity index (χ4v) is 3.07. The second-order valence-electron chi connectivity index (χ2n) is 5.68. The molecule has 0 radical (unpaired) electrons. The molecule has 1 aliphatic heterocycles. The van der Waals surface area contributed by atoms with E-state index in [9.17, 15) is 4.79 Å². The van der Waals surface area contributed by atoms with E-state index < -0.39 is 0 Å². The Hall–Kier alpha value is -1.35. The number of piperidine rings is 1. The van der Waals surface area contributed by atoms with Gasteiger partial charge in [0.25, 0.3) is 5.91 Å². The van der Waals surface area contributed by atoms with Crippen molar-refractivity contribution in [3.63, 3.8) is 0 Å². The number of likely N-dealkylation sites (tertiary alicyclic amines) is 1. The van der Waals surface area contributed by atoms with E-state index in [1.54, 1.807) is 0 Å². The molecule has 1 aromatic carbocycles. The molecular formula is C16H24N2O. The number of nitrogens with zero attached hydrogens (tertiary/aromatic N) is 1. The molecule has 0 spiro atoms. The van der Waals surface area contributed by atoms with E-state index in [2.05, 4.69) is 12.2 Å². The number of hydrogen-bond donors (Lipinski definition) is 1. The van der Waals surface area contributed by atoms with Crippen LogP contribution in [0.3, 0.4) is 0 Å². The number of carbonyl (C=O) groups is 1. The standard InChI is InChI=1S/C16H24N2O/c1-11-6-5-7-12(2)15(11)16(19)18-9-8-14(17-4)13(3)10-18/h5-7,13-14,17H,8-10H2,1-4H3. The second kappa shape index (κ2) is 5.74. The van der Waals surface area contributed by atoms with Crippen molar-refractivity contribution in [3.8, 4) is 0 Å². The van der Waals surface area contributed by atoms with Crippen LogP contribution in [0.15, 0.2) is 18.2 Å². The lowest BCUT2D eigenvalue weighted by Gasteiger charge is -2.37. The highest BCUT2D eigenvalue weighted by Crippen LogP contribution is 2.21. The van der Waals surface area contributed by atoms with E-state index in [1.165, 1.54) is 0 Å². The summed E-state index contributed by atoms with van der Waals surface area (Å²) in [7, 11) is 2.00. The van der Waals surface area contributed by atoms with Crippen LogP contribution in [0.2, 0.25) is 0 Å². The average molecular weight is 260 g/mol. The Balaban J connectivity index is 2.17. The summed E-state index contributed by atoms with van der Waals surface area (Å²) in [5, 5.41) is 3.34. The number of hydrogen-bond acceptors (Lipinski definition) is 2. The van der Waals surface area contributed by atoms with Crippen LogP contribution in [-0.4, -0.2) is 37.0 Å². The maximum atomic E-state index is 12.7. The minimum atomic E-state index is 0.192. The topological polar surface area (TPSA) is 32.3 Å². The van der Waals surface area contributed by atoms with Gasteiger partial charge in [-0.05, 0) is 44.4 Å². The predicted octanol–water partition coefficient (Wildman–Crippen LogP) is 2.37. The molecule has 2 unspecified atom stereocenters. The van der Waals surface area contributed by atoms with Crippen molar-refractivity contribution in [2.45, 2.75) is 33.2 Å². The molecule has 3 heteroatoms. The van der Waals surface area contributed by atoms with Crippen molar-refractivity contribution in [2.75, 3.05) is 20.1 Å². The number of aryl methyl sites for hydroxylation is 2. The molecule has 1 N–H and O–H groups in total. The van der Waals surface area contributed by atoms with Gasteiger partial charge in [0.1, 0.15) is 0 Å². The highest BCUT2D eigenvalue weighted by Gasteiger charge is 2.29. The zero-order valence-corrected chi connectivity index (χ0v) is 12.4. The maximum Gasteiger partial charge on any atom is 0.254 e. The van der Waals surface area contributed by atoms with Gasteiger partial charge in [0.15, 0.2) is 0 Å². The first-order valence-corrected chi connectivity index (χ1v) is 7.07. The Kier molecular flexibility index (Phi) is 4.25. The van der Waals surface area contributed by atoms with E-state index in [0.717, 1.165) is 36.2 Å². The van der Waals surface area contributed by atoms with Crippen molar-refractivity contribution in [1.29, 1.82) is 0 Å². The highest BCUT2D eigenvalue weighted by molar-refractivity contribution is 5.97. The summed E-state index contributed by atoms with van der Waals surface area (Å²) in [6.45, 7) is 7.94. The Morgan fingerprint density at radius 1 is 1.32 bits per heavy atom. The van der Waals surface area contributed by atoms with Crippen LogP contribution in [0.1, 0.15) is 34.8 Å². The van der Waals surface area contributed by atoms with Gasteiger partial charge in [0.05, 0.1) is 0 Å². The molecule has 0 aliphatic carbocycles. The number of carbonyl (C=O) groups excluding carboxylic acids is 1. The van der Waals surface area contributed by atoms with Crippen LogP contribution in [0.5, 0.6) is 0 Å². The third-order valence-corrected chi connectivity index (χ3v) is 4.26. The first kappa shape index (κ1) is 14.1. The van der Waals surface area contributed by atoms with Gasteiger partial charge in [-0.2, -0.15) is 0 Å². The molecule has 0 aromatic heterocycles. The summed E-state index contributed by atoms with van der Waals surface area (Å²) in [5.41, 5.74) is 3.04. The molecule has 3 nitrogen and oxygen atoms in total. The van der Waals surface area contributed by atoms with Crippen LogP contribution in [0.4, 0.5) is 0 Å². The predicted molar refractivity (Wildman–Crippen MR) is 78.4 cm³/mol. The zero-order valence-electron chi connectivity index (χ0n) is 12.4. The van der Waals surface area contributed by atoms with Gasteiger partial charge in [-0.3, -0.25) is 4.79 Å². The normalized spacial score (nSPS) is 23.5. The molecule has 1 fully saturated rings. The van der Waals surface area contributed by atoms with Gasteiger partial charge in [0.2, 0.25) is 0 Å². The average Bonchev–Trinajstić information content (AvgIpc) is 2.38. The lowest BCUT2D eigenvalue weighted by Crippen LogP contribution is -2.49. The number of benzene rings is 1. The Morgan fingerprint density at radius 3 is 2.47 bits per heavy atom. The number of nitrogens with one attached hydrogen (secondary N) is 1. The monoisotopic (exact) mass is 260 g/mol. The van der Waals surface area contributed by atoms with E-state index in [1.807, 2.05) is 44.0 Å². The minimum Gasteiger partial charge on any atom is -0.338 e. The summed E-state index contributed by atoms with van der Waals surface area (Å²) in [4.78, 5) is 14.7. The molecule has 1 amide bonds. The summed E-state index contributed by atoms with van der Waals surface area (Å²) >= 11 is 0. The quantitative estimate of drug-likeness (QED) is 0.885. The molecule has 2 atom stereocenters. The van der Waals surface area contributed by atoms with Crippen LogP contribution in [-0.2, 0) is 0 Å². The van der Waals surface area contributed by atoms with E-state index in [4.69, 9.17) is 0 Å². The minimum absolute atomic E-state index is 0.192. The Morgan fingerprint density at radius 2 is 1.95 bits per heavy atom. The fourth-order valence-electron chi connectivity index (χ4n) is 3.07. The summed E-state index contributed by atoms with van der Waals surface area (Å²) in [5.74, 6) is 0.698. The van der Waals surface area contributed by atoms with Crippen molar-refractivity contribution in [2.24, 2.45) is 5.92 Å². The van der Waals surface area contributed by atoms with Gasteiger partial charge in [0, 0.05) is 24.7 Å². The maximum absolute atomic E-state index is 12.7. The molecule has 0 bridgehead atoms. The van der Waals surface area contributed by atoms with E-state index in [-0.39, 0.29) is 5.91 Å². The SMILES string of the molecule is CNC1CCN(C(=O)c2c(C)cccc2C)CC1C. The van der Waals surface area contributed by atoms with Crippen molar-refractivity contribution in [1.82, 2.24) is 10.2 Å². The van der Waals surface area contributed by atoms with E-state index in [0.29, 0.717) is 12.0 Å². The molecule has 19 heavy (non-hydrogen) atoms. The first-order chi connectivity index (χ1) is 9.04. The second-order valence-corrected chi connectivity index (χ2v) is 5.68. The molecule has 1 heterocycles. The number of rotatable bonds is 2. The highest BCUT2D eigenvalue weighted by atomic mass is 16.2. The molecule has 104 valence electrons. The van der Waals surface area contributed by atoms with Gasteiger partial charge < -0.3 is 10.2 Å². The Labute approximate surface area is 116 Å². The van der Waals surface area contributed by atoms with Crippen LogP contribution >= 0.6 is 0 Å².